The topological polar surface area (TPSA) is 54.3 Å². The van der Waals surface area contributed by atoms with Crippen molar-refractivity contribution in [3.05, 3.63) is 41.7 Å². The quantitative estimate of drug-likeness (QED) is 0.516. The summed E-state index contributed by atoms with van der Waals surface area (Å²) in [4.78, 5) is 22.1. The first-order valence-corrected chi connectivity index (χ1v) is 10.6. The summed E-state index contributed by atoms with van der Waals surface area (Å²) < 4.78 is 2.90. The van der Waals surface area contributed by atoms with Gasteiger partial charge in [-0.25, -0.2) is 4.98 Å². The number of aromatic nitrogens is 3. The van der Waals surface area contributed by atoms with Gasteiger partial charge in [-0.05, 0) is 71.1 Å². The van der Waals surface area contributed by atoms with Gasteiger partial charge in [-0.3, -0.25) is 14.4 Å². The lowest BCUT2D eigenvalue weighted by molar-refractivity contribution is 0.0974. The molecule has 0 saturated carbocycles. The van der Waals surface area contributed by atoms with Crippen LogP contribution < -0.4 is 4.90 Å². The molecule has 0 fully saturated rings. The number of carbonyl (C=O) groups excluding carboxylic acids is 1. The molecule has 158 valence electrons. The van der Waals surface area contributed by atoms with Gasteiger partial charge in [0.1, 0.15) is 5.69 Å². The minimum atomic E-state index is -0.0419. The molecule has 2 aromatic heterocycles. The molecule has 1 aromatic carbocycles. The second-order valence-corrected chi connectivity index (χ2v) is 8.53. The van der Waals surface area contributed by atoms with Crippen LogP contribution in [0.15, 0.2) is 30.5 Å². The van der Waals surface area contributed by atoms with Crippen molar-refractivity contribution in [3.63, 3.8) is 0 Å². The fraction of sp³-hybridized carbons (Fsp3) is 0.476. The lowest BCUT2D eigenvalue weighted by atomic mass is 10.2. The van der Waals surface area contributed by atoms with Crippen LogP contribution in [0.5, 0.6) is 0 Å². The molecule has 0 radical (unpaired) electrons. The number of hydrogen-bond donors (Lipinski definition) is 0. The van der Waals surface area contributed by atoms with E-state index in [-0.39, 0.29) is 24.4 Å². The summed E-state index contributed by atoms with van der Waals surface area (Å²) >= 11 is 1.58. The second kappa shape index (κ2) is 10.2. The van der Waals surface area contributed by atoms with E-state index in [0.717, 1.165) is 34.7 Å². The fourth-order valence-corrected chi connectivity index (χ4v) is 4.21. The van der Waals surface area contributed by atoms with Crippen LogP contribution in [0.4, 0.5) is 5.13 Å². The highest BCUT2D eigenvalue weighted by atomic mass is 35.5. The standard InChI is InChI=1S/C21H29N5OS.ClH/c1-6-16-8-9-17-19(14-16)28-21(23-17)25(13-7-12-24(4)5)20(27)18-10-11-22-26(18)15(2)3;/h8-11,14-15H,6-7,12-13H2,1-5H3;1H. The molecular formula is C21H30ClN5OS. The molecule has 0 atom stereocenters. The monoisotopic (exact) mass is 435 g/mol. The summed E-state index contributed by atoms with van der Waals surface area (Å²) in [5, 5.41) is 5.08. The second-order valence-electron chi connectivity index (χ2n) is 7.52. The van der Waals surface area contributed by atoms with Crippen LogP contribution in [-0.4, -0.2) is 52.8 Å². The van der Waals surface area contributed by atoms with E-state index in [1.807, 2.05) is 32.8 Å². The van der Waals surface area contributed by atoms with Gasteiger partial charge in [0.05, 0.1) is 10.2 Å². The van der Waals surface area contributed by atoms with Gasteiger partial charge in [0.2, 0.25) is 0 Å². The summed E-state index contributed by atoms with van der Waals surface area (Å²) in [6.07, 6.45) is 3.56. The van der Waals surface area contributed by atoms with E-state index < -0.39 is 0 Å². The van der Waals surface area contributed by atoms with E-state index in [1.54, 1.807) is 28.3 Å². The van der Waals surface area contributed by atoms with Gasteiger partial charge in [0.25, 0.3) is 5.91 Å². The van der Waals surface area contributed by atoms with Crippen molar-refractivity contribution in [2.45, 2.75) is 39.7 Å². The van der Waals surface area contributed by atoms with Crippen LogP contribution in [0.25, 0.3) is 10.2 Å². The van der Waals surface area contributed by atoms with Crippen molar-refractivity contribution in [1.82, 2.24) is 19.7 Å². The molecule has 0 spiro atoms. The number of fused-ring (bicyclic) bond motifs is 1. The number of halogens is 1. The minimum absolute atomic E-state index is 0. The molecule has 0 N–H and O–H groups in total. The number of rotatable bonds is 8. The number of carbonyl (C=O) groups is 1. The van der Waals surface area contributed by atoms with Crippen molar-refractivity contribution in [2.24, 2.45) is 0 Å². The van der Waals surface area contributed by atoms with Crippen molar-refractivity contribution in [3.8, 4) is 0 Å². The van der Waals surface area contributed by atoms with Crippen LogP contribution in [0.2, 0.25) is 0 Å². The Kier molecular flexibility index (Phi) is 8.19. The first-order chi connectivity index (χ1) is 13.4. The fourth-order valence-electron chi connectivity index (χ4n) is 3.15. The molecule has 0 saturated heterocycles. The molecule has 0 bridgehead atoms. The molecule has 8 heteroatoms. The maximum atomic E-state index is 13.4. The highest BCUT2D eigenvalue weighted by Gasteiger charge is 2.24. The average Bonchev–Trinajstić information content (AvgIpc) is 3.30. The lowest BCUT2D eigenvalue weighted by Gasteiger charge is -2.22. The molecule has 2 heterocycles. The molecule has 3 aromatic rings. The third kappa shape index (κ3) is 5.35. The van der Waals surface area contributed by atoms with Crippen LogP contribution >= 0.6 is 23.7 Å². The Bertz CT molecular complexity index is 950. The number of benzene rings is 1. The predicted molar refractivity (Wildman–Crippen MR) is 124 cm³/mol. The predicted octanol–water partition coefficient (Wildman–Crippen LogP) is 4.66. The largest absolute Gasteiger partial charge is 0.309 e. The van der Waals surface area contributed by atoms with Gasteiger partial charge < -0.3 is 4.90 Å². The molecule has 1 amide bonds. The van der Waals surface area contributed by atoms with E-state index >= 15 is 0 Å². The Morgan fingerprint density at radius 2 is 1.97 bits per heavy atom. The summed E-state index contributed by atoms with van der Waals surface area (Å²) in [6, 6.07) is 8.26. The molecule has 0 aliphatic carbocycles. The smallest absolute Gasteiger partial charge is 0.278 e. The summed E-state index contributed by atoms with van der Waals surface area (Å²) in [6.45, 7) is 7.75. The molecular weight excluding hydrogens is 406 g/mol. The number of aryl methyl sites for hydroxylation is 1. The van der Waals surface area contributed by atoms with Crippen molar-refractivity contribution in [2.75, 3.05) is 32.1 Å². The summed E-state index contributed by atoms with van der Waals surface area (Å²) in [5.41, 5.74) is 2.83. The zero-order valence-corrected chi connectivity index (χ0v) is 19.4. The minimum Gasteiger partial charge on any atom is -0.309 e. The number of thiazole rings is 1. The van der Waals surface area contributed by atoms with Crippen molar-refractivity contribution >= 4 is 45.0 Å². The van der Waals surface area contributed by atoms with Gasteiger partial charge in [0.15, 0.2) is 5.13 Å². The molecule has 3 rings (SSSR count). The number of anilines is 1. The van der Waals surface area contributed by atoms with Gasteiger partial charge in [-0.2, -0.15) is 5.10 Å². The lowest BCUT2D eigenvalue weighted by Crippen LogP contribution is -2.35. The molecule has 29 heavy (non-hydrogen) atoms. The summed E-state index contributed by atoms with van der Waals surface area (Å²) in [5.74, 6) is -0.0419. The Morgan fingerprint density at radius 3 is 2.62 bits per heavy atom. The maximum absolute atomic E-state index is 13.4. The third-order valence-corrected chi connectivity index (χ3v) is 5.73. The number of hydrogen-bond acceptors (Lipinski definition) is 5. The molecule has 0 aliphatic rings. The maximum Gasteiger partial charge on any atom is 0.278 e. The van der Waals surface area contributed by atoms with E-state index in [4.69, 9.17) is 4.98 Å². The Balaban J connectivity index is 0.00000300. The van der Waals surface area contributed by atoms with E-state index in [1.165, 1.54) is 5.56 Å². The Labute approximate surface area is 182 Å². The van der Waals surface area contributed by atoms with Crippen molar-refractivity contribution < 1.29 is 4.79 Å². The molecule has 6 nitrogen and oxygen atoms in total. The number of amides is 1. The van der Waals surface area contributed by atoms with Crippen LogP contribution in [0, 0.1) is 0 Å². The van der Waals surface area contributed by atoms with Gasteiger partial charge in [0, 0.05) is 18.8 Å². The first kappa shape index (κ1) is 23.3. The van der Waals surface area contributed by atoms with E-state index in [2.05, 4.69) is 35.1 Å². The zero-order valence-electron chi connectivity index (χ0n) is 17.8. The first-order valence-electron chi connectivity index (χ1n) is 9.80. The van der Waals surface area contributed by atoms with Crippen LogP contribution in [0.1, 0.15) is 49.3 Å². The SMILES string of the molecule is CCc1ccc2nc(N(CCCN(C)C)C(=O)c3ccnn3C(C)C)sc2c1.Cl. The molecule has 0 unspecified atom stereocenters. The summed E-state index contributed by atoms with van der Waals surface area (Å²) in [7, 11) is 4.09. The van der Waals surface area contributed by atoms with Gasteiger partial charge in [-0.1, -0.05) is 24.3 Å². The third-order valence-electron chi connectivity index (χ3n) is 4.69. The van der Waals surface area contributed by atoms with E-state index in [9.17, 15) is 4.79 Å². The highest BCUT2D eigenvalue weighted by molar-refractivity contribution is 7.22. The normalized spacial score (nSPS) is 11.3. The Hall–Kier alpha value is -1.96. The highest BCUT2D eigenvalue weighted by Crippen LogP contribution is 2.31. The van der Waals surface area contributed by atoms with Gasteiger partial charge in [-0.15, -0.1) is 12.4 Å². The van der Waals surface area contributed by atoms with Crippen molar-refractivity contribution in [1.29, 1.82) is 0 Å². The van der Waals surface area contributed by atoms with Crippen LogP contribution in [0.3, 0.4) is 0 Å². The van der Waals surface area contributed by atoms with Crippen LogP contribution in [-0.2, 0) is 6.42 Å². The average molecular weight is 436 g/mol. The Morgan fingerprint density at radius 1 is 1.21 bits per heavy atom. The number of nitrogens with zero attached hydrogens (tertiary/aromatic N) is 5. The molecule has 0 aliphatic heterocycles. The van der Waals surface area contributed by atoms with E-state index in [0.29, 0.717) is 12.2 Å². The zero-order chi connectivity index (χ0) is 20.3. The van der Waals surface area contributed by atoms with Gasteiger partial charge >= 0.3 is 0 Å².